The molecule has 36 heavy (non-hydrogen) atoms. The van der Waals surface area contributed by atoms with Crippen LogP contribution >= 0.6 is 0 Å². The Morgan fingerprint density at radius 2 is 1.94 bits per heavy atom. The molecule has 1 saturated carbocycles. The molecule has 0 bridgehead atoms. The minimum Gasteiger partial charge on any atom is -0.491 e. The highest BCUT2D eigenvalue weighted by atomic mass is 19.1. The maximum Gasteiger partial charge on any atom is 0.257 e. The summed E-state index contributed by atoms with van der Waals surface area (Å²) in [5.74, 6) is 0.175. The largest absolute Gasteiger partial charge is 0.491 e. The Bertz CT molecular complexity index is 1090. The molecule has 194 valence electrons. The predicted molar refractivity (Wildman–Crippen MR) is 136 cm³/mol. The van der Waals surface area contributed by atoms with Gasteiger partial charge in [-0.15, -0.1) is 0 Å². The van der Waals surface area contributed by atoms with Gasteiger partial charge in [0.1, 0.15) is 18.2 Å². The van der Waals surface area contributed by atoms with Crippen molar-refractivity contribution in [3.8, 4) is 5.75 Å². The fraction of sp³-hybridized carbons (Fsp3) is 0.500. The Morgan fingerprint density at radius 3 is 2.64 bits per heavy atom. The minimum atomic E-state index is -0.257. The van der Waals surface area contributed by atoms with Gasteiger partial charge in [0.15, 0.2) is 0 Å². The number of anilines is 1. The van der Waals surface area contributed by atoms with Crippen molar-refractivity contribution in [3.05, 3.63) is 59.4 Å². The number of carbonyl (C=O) groups excluding carboxylic acids is 2. The molecule has 0 radical (unpaired) electrons. The van der Waals surface area contributed by atoms with E-state index in [0.29, 0.717) is 43.2 Å². The molecule has 1 aliphatic carbocycles. The van der Waals surface area contributed by atoms with E-state index in [1.54, 1.807) is 49.4 Å². The number of carbonyl (C=O) groups is 2. The number of benzene rings is 2. The molecular weight excluding hydrogens is 461 g/mol. The smallest absolute Gasteiger partial charge is 0.257 e. The lowest BCUT2D eigenvalue weighted by atomic mass is 10.0. The molecule has 2 amide bonds. The Balaban J connectivity index is 1.62. The van der Waals surface area contributed by atoms with E-state index in [2.05, 4.69) is 24.1 Å². The van der Waals surface area contributed by atoms with Crippen molar-refractivity contribution in [2.45, 2.75) is 45.4 Å². The van der Waals surface area contributed by atoms with Crippen LogP contribution in [0.25, 0.3) is 0 Å². The van der Waals surface area contributed by atoms with E-state index < -0.39 is 0 Å². The van der Waals surface area contributed by atoms with Crippen LogP contribution in [0.2, 0.25) is 0 Å². The zero-order valence-corrected chi connectivity index (χ0v) is 21.5. The van der Waals surface area contributed by atoms with Crippen molar-refractivity contribution in [1.29, 1.82) is 0 Å². The van der Waals surface area contributed by atoms with E-state index in [4.69, 9.17) is 9.47 Å². The molecule has 4 rings (SSSR count). The second-order valence-electron chi connectivity index (χ2n) is 10.1. The first-order valence-corrected chi connectivity index (χ1v) is 12.6. The van der Waals surface area contributed by atoms with Crippen molar-refractivity contribution in [1.82, 2.24) is 9.80 Å². The van der Waals surface area contributed by atoms with Crippen LogP contribution in [0.15, 0.2) is 42.5 Å². The van der Waals surface area contributed by atoms with Crippen LogP contribution in [0.1, 0.15) is 42.6 Å². The normalized spacial score (nSPS) is 23.8. The zero-order valence-electron chi connectivity index (χ0n) is 21.5. The molecule has 2 aromatic rings. The van der Waals surface area contributed by atoms with Gasteiger partial charge in [-0.1, -0.05) is 19.1 Å². The molecule has 2 aliphatic rings. The summed E-state index contributed by atoms with van der Waals surface area (Å²) in [6.45, 7) is 6.17. The molecule has 7 nitrogen and oxygen atoms in total. The Labute approximate surface area is 212 Å². The second-order valence-corrected chi connectivity index (χ2v) is 10.1. The van der Waals surface area contributed by atoms with Crippen LogP contribution in [-0.2, 0) is 16.1 Å². The predicted octanol–water partition coefficient (Wildman–Crippen LogP) is 4.18. The fourth-order valence-electron chi connectivity index (χ4n) is 4.61. The lowest BCUT2D eigenvalue weighted by molar-refractivity contribution is -0.117. The highest BCUT2D eigenvalue weighted by Crippen LogP contribution is 2.31. The second kappa shape index (κ2) is 11.4. The number of amides is 2. The average molecular weight is 498 g/mol. The van der Waals surface area contributed by atoms with Crippen molar-refractivity contribution < 1.29 is 23.5 Å². The van der Waals surface area contributed by atoms with Gasteiger partial charge in [-0.3, -0.25) is 14.5 Å². The van der Waals surface area contributed by atoms with E-state index in [-0.39, 0.29) is 41.6 Å². The van der Waals surface area contributed by atoms with Gasteiger partial charge in [0.2, 0.25) is 5.91 Å². The van der Waals surface area contributed by atoms with Gasteiger partial charge < -0.3 is 19.7 Å². The molecule has 0 saturated heterocycles. The fourth-order valence-corrected chi connectivity index (χ4v) is 4.61. The molecule has 0 spiro atoms. The van der Waals surface area contributed by atoms with Crippen LogP contribution in [0, 0.1) is 17.7 Å². The van der Waals surface area contributed by atoms with E-state index in [1.165, 1.54) is 6.07 Å². The number of hydrogen-bond donors (Lipinski definition) is 1. The van der Waals surface area contributed by atoms with Crippen LogP contribution in [-0.4, -0.2) is 67.6 Å². The Kier molecular flexibility index (Phi) is 8.26. The Hall–Kier alpha value is -2.97. The topological polar surface area (TPSA) is 71.1 Å². The Morgan fingerprint density at radius 1 is 1.17 bits per heavy atom. The lowest BCUT2D eigenvalue weighted by Gasteiger charge is -2.36. The van der Waals surface area contributed by atoms with Crippen LogP contribution < -0.4 is 10.1 Å². The summed E-state index contributed by atoms with van der Waals surface area (Å²) < 4.78 is 25.8. The zero-order chi connectivity index (χ0) is 25.8. The molecule has 0 aromatic heterocycles. The number of likely N-dealkylation sites (N-methyl/N-ethyl adjacent to an activating group) is 1. The summed E-state index contributed by atoms with van der Waals surface area (Å²) in [5, 5.41) is 2.92. The molecule has 3 atom stereocenters. The van der Waals surface area contributed by atoms with Crippen LogP contribution in [0.3, 0.4) is 0 Å². The quantitative estimate of drug-likeness (QED) is 0.671. The lowest BCUT2D eigenvalue weighted by Crippen LogP contribution is -2.46. The minimum absolute atomic E-state index is 0.0115. The third-order valence-corrected chi connectivity index (χ3v) is 7.06. The number of hydrogen-bond acceptors (Lipinski definition) is 5. The van der Waals surface area contributed by atoms with Gasteiger partial charge in [0.05, 0.1) is 11.7 Å². The van der Waals surface area contributed by atoms with Crippen LogP contribution in [0.5, 0.6) is 5.75 Å². The first-order valence-electron chi connectivity index (χ1n) is 12.6. The standard InChI is InChI=1S/C28H36FN3O4/c1-18-14-32(15-20-6-5-7-22(29)12-20)19(2)17-36-25-11-10-23(30-27(33)21-8-9-21)13-24(25)28(34)31(3)16-26(18)35-4/h5-7,10-13,18-19,21,26H,8-9,14-17H2,1-4H3,(H,30,33)/t18-,19+,26+/m1/s1. The van der Waals surface area contributed by atoms with Crippen molar-refractivity contribution in [2.75, 3.05) is 39.2 Å². The maximum absolute atomic E-state index is 13.9. The van der Waals surface area contributed by atoms with Gasteiger partial charge in [-0.05, 0) is 61.6 Å². The number of nitrogens with zero attached hydrogens (tertiary/aromatic N) is 2. The van der Waals surface area contributed by atoms with Crippen molar-refractivity contribution >= 4 is 17.5 Å². The first-order chi connectivity index (χ1) is 17.2. The monoisotopic (exact) mass is 497 g/mol. The van der Waals surface area contributed by atoms with E-state index in [0.717, 1.165) is 18.4 Å². The molecule has 2 aromatic carbocycles. The molecule has 0 unspecified atom stereocenters. The molecule has 1 fully saturated rings. The van der Waals surface area contributed by atoms with E-state index >= 15 is 0 Å². The molecule has 1 N–H and O–H groups in total. The number of ether oxygens (including phenoxy) is 2. The highest BCUT2D eigenvalue weighted by Gasteiger charge is 2.31. The molecular formula is C28H36FN3O4. The summed E-state index contributed by atoms with van der Waals surface area (Å²) >= 11 is 0. The van der Waals surface area contributed by atoms with Crippen LogP contribution in [0.4, 0.5) is 10.1 Å². The highest BCUT2D eigenvalue weighted by molar-refractivity contribution is 6.00. The SMILES string of the molecule is CO[C@H]1CN(C)C(=O)c2cc(NC(=O)C3CC3)ccc2OC[C@H](C)N(Cc2cccc(F)c2)C[C@H]1C. The third kappa shape index (κ3) is 6.42. The number of nitrogens with one attached hydrogen (secondary N) is 1. The number of rotatable bonds is 5. The van der Waals surface area contributed by atoms with Crippen molar-refractivity contribution in [3.63, 3.8) is 0 Å². The average Bonchev–Trinajstić information content (AvgIpc) is 3.70. The van der Waals surface area contributed by atoms with E-state index in [9.17, 15) is 14.0 Å². The summed E-state index contributed by atoms with van der Waals surface area (Å²) in [6.07, 6.45) is 1.62. The van der Waals surface area contributed by atoms with Gasteiger partial charge in [-0.2, -0.15) is 0 Å². The third-order valence-electron chi connectivity index (χ3n) is 7.06. The maximum atomic E-state index is 13.9. The number of fused-ring (bicyclic) bond motifs is 1. The summed E-state index contributed by atoms with van der Waals surface area (Å²) in [5.41, 5.74) is 1.87. The first kappa shape index (κ1) is 26.1. The molecule has 1 aliphatic heterocycles. The van der Waals surface area contributed by atoms with E-state index in [1.807, 2.05) is 6.07 Å². The summed E-state index contributed by atoms with van der Waals surface area (Å²) in [7, 11) is 3.41. The molecule has 8 heteroatoms. The van der Waals surface area contributed by atoms with Crippen molar-refractivity contribution in [2.24, 2.45) is 11.8 Å². The molecule has 1 heterocycles. The number of halogens is 1. The van der Waals surface area contributed by atoms with Gasteiger partial charge in [0.25, 0.3) is 5.91 Å². The van der Waals surface area contributed by atoms with Gasteiger partial charge in [0, 0.05) is 51.4 Å². The van der Waals surface area contributed by atoms with Gasteiger partial charge in [-0.25, -0.2) is 4.39 Å². The number of methoxy groups -OCH3 is 1. The summed E-state index contributed by atoms with van der Waals surface area (Å²) in [6, 6.07) is 11.8. The van der Waals surface area contributed by atoms with Gasteiger partial charge >= 0.3 is 0 Å². The summed E-state index contributed by atoms with van der Waals surface area (Å²) in [4.78, 5) is 29.6.